The molecule has 1 aromatic rings. The zero-order valence-corrected chi connectivity index (χ0v) is 12.8. The molecule has 0 aromatic heterocycles. The molecule has 5 nitrogen and oxygen atoms in total. The Bertz CT molecular complexity index is 578. The van der Waals surface area contributed by atoms with Crippen LogP contribution in [0.4, 0.5) is 0 Å². The SMILES string of the molecule is Cc1cc(S(=O)(=O)NC2(C)CCOCC2)ccc1CN. The van der Waals surface area contributed by atoms with Crippen LogP contribution in [0, 0.1) is 6.92 Å². The molecule has 112 valence electrons. The molecule has 0 saturated carbocycles. The fourth-order valence-electron chi connectivity index (χ4n) is 2.37. The summed E-state index contributed by atoms with van der Waals surface area (Å²) < 4.78 is 33.0. The molecule has 0 bridgehead atoms. The topological polar surface area (TPSA) is 81.4 Å². The number of benzene rings is 1. The van der Waals surface area contributed by atoms with Crippen molar-refractivity contribution in [3.05, 3.63) is 29.3 Å². The first-order chi connectivity index (χ1) is 9.36. The Morgan fingerprint density at radius 1 is 1.35 bits per heavy atom. The monoisotopic (exact) mass is 298 g/mol. The quantitative estimate of drug-likeness (QED) is 0.878. The standard InChI is InChI=1S/C14H22N2O3S/c1-11-9-13(4-3-12(11)10-15)20(17,18)16-14(2)5-7-19-8-6-14/h3-4,9,16H,5-8,10,15H2,1-2H3. The van der Waals surface area contributed by atoms with E-state index in [0.717, 1.165) is 11.1 Å². The van der Waals surface area contributed by atoms with Gasteiger partial charge in [-0.15, -0.1) is 0 Å². The highest BCUT2D eigenvalue weighted by molar-refractivity contribution is 7.89. The van der Waals surface area contributed by atoms with E-state index in [1.807, 2.05) is 13.8 Å². The number of hydrogen-bond donors (Lipinski definition) is 2. The van der Waals surface area contributed by atoms with Crippen LogP contribution in [0.1, 0.15) is 30.9 Å². The van der Waals surface area contributed by atoms with E-state index in [1.165, 1.54) is 0 Å². The van der Waals surface area contributed by atoms with Gasteiger partial charge < -0.3 is 10.5 Å². The fourth-order valence-corrected chi connectivity index (χ4v) is 3.92. The average Bonchev–Trinajstić information content (AvgIpc) is 2.38. The van der Waals surface area contributed by atoms with Gasteiger partial charge in [0.2, 0.25) is 10.0 Å². The molecule has 1 aliphatic rings. The first-order valence-electron chi connectivity index (χ1n) is 6.78. The third kappa shape index (κ3) is 3.38. The van der Waals surface area contributed by atoms with Crippen molar-refractivity contribution in [2.75, 3.05) is 13.2 Å². The second-order valence-electron chi connectivity index (χ2n) is 5.57. The minimum absolute atomic E-state index is 0.292. The molecule has 2 rings (SSSR count). The molecule has 3 N–H and O–H groups in total. The molecule has 0 amide bonds. The molecule has 1 heterocycles. The number of hydrogen-bond acceptors (Lipinski definition) is 4. The van der Waals surface area contributed by atoms with Crippen molar-refractivity contribution in [3.8, 4) is 0 Å². The molecule has 0 atom stereocenters. The van der Waals surface area contributed by atoms with Crippen LogP contribution in [0.3, 0.4) is 0 Å². The zero-order valence-electron chi connectivity index (χ0n) is 12.0. The lowest BCUT2D eigenvalue weighted by atomic mass is 9.94. The third-order valence-electron chi connectivity index (χ3n) is 3.82. The lowest BCUT2D eigenvalue weighted by Crippen LogP contribution is -2.49. The predicted molar refractivity (Wildman–Crippen MR) is 77.8 cm³/mol. The summed E-state index contributed by atoms with van der Waals surface area (Å²) in [5, 5.41) is 0. The van der Waals surface area contributed by atoms with Crippen molar-refractivity contribution in [2.24, 2.45) is 5.73 Å². The van der Waals surface area contributed by atoms with Gasteiger partial charge in [-0.1, -0.05) is 6.07 Å². The van der Waals surface area contributed by atoms with Gasteiger partial charge in [0.1, 0.15) is 0 Å². The number of nitrogens with one attached hydrogen (secondary N) is 1. The molecule has 1 aromatic carbocycles. The van der Waals surface area contributed by atoms with Crippen LogP contribution in [0.5, 0.6) is 0 Å². The van der Waals surface area contributed by atoms with E-state index >= 15 is 0 Å². The van der Waals surface area contributed by atoms with Crippen molar-refractivity contribution >= 4 is 10.0 Å². The molecular weight excluding hydrogens is 276 g/mol. The maximum absolute atomic E-state index is 12.5. The summed E-state index contributed by atoms with van der Waals surface area (Å²) in [6, 6.07) is 5.06. The number of rotatable bonds is 4. The van der Waals surface area contributed by atoms with Crippen molar-refractivity contribution in [1.82, 2.24) is 4.72 Å². The minimum atomic E-state index is -3.51. The van der Waals surface area contributed by atoms with Crippen molar-refractivity contribution < 1.29 is 13.2 Å². The molecular formula is C14H22N2O3S. The molecule has 0 unspecified atom stereocenters. The normalized spacial score (nSPS) is 18.9. The van der Waals surface area contributed by atoms with Gasteiger partial charge in [0.25, 0.3) is 0 Å². The summed E-state index contributed by atoms with van der Waals surface area (Å²) in [6.07, 6.45) is 1.37. The Hall–Kier alpha value is -0.950. The number of ether oxygens (including phenoxy) is 1. The highest BCUT2D eigenvalue weighted by Gasteiger charge is 2.32. The van der Waals surface area contributed by atoms with Crippen molar-refractivity contribution in [2.45, 2.75) is 43.7 Å². The van der Waals surface area contributed by atoms with E-state index in [-0.39, 0.29) is 0 Å². The third-order valence-corrected chi connectivity index (χ3v) is 5.46. The van der Waals surface area contributed by atoms with Crippen LogP contribution in [-0.4, -0.2) is 27.2 Å². The van der Waals surface area contributed by atoms with Crippen molar-refractivity contribution in [3.63, 3.8) is 0 Å². The number of sulfonamides is 1. The van der Waals surface area contributed by atoms with Gasteiger partial charge in [-0.05, 0) is 49.9 Å². The fraction of sp³-hybridized carbons (Fsp3) is 0.571. The van der Waals surface area contributed by atoms with Gasteiger partial charge in [0, 0.05) is 25.3 Å². The molecule has 1 saturated heterocycles. The largest absolute Gasteiger partial charge is 0.381 e. The first kappa shape index (κ1) is 15.4. The Morgan fingerprint density at radius 3 is 2.55 bits per heavy atom. The van der Waals surface area contributed by atoms with Crippen LogP contribution >= 0.6 is 0 Å². The highest BCUT2D eigenvalue weighted by atomic mass is 32.2. The van der Waals surface area contributed by atoms with Crippen LogP contribution in [0.2, 0.25) is 0 Å². The van der Waals surface area contributed by atoms with E-state index in [0.29, 0.717) is 37.5 Å². The first-order valence-corrected chi connectivity index (χ1v) is 8.26. The minimum Gasteiger partial charge on any atom is -0.381 e. The van der Waals surface area contributed by atoms with Gasteiger partial charge in [0.15, 0.2) is 0 Å². The lowest BCUT2D eigenvalue weighted by molar-refractivity contribution is 0.0537. The van der Waals surface area contributed by atoms with Gasteiger partial charge in [-0.2, -0.15) is 0 Å². The van der Waals surface area contributed by atoms with Gasteiger partial charge in [0.05, 0.1) is 4.90 Å². The van der Waals surface area contributed by atoms with E-state index in [4.69, 9.17) is 10.5 Å². The van der Waals surface area contributed by atoms with E-state index in [9.17, 15) is 8.42 Å². The smallest absolute Gasteiger partial charge is 0.241 e. The van der Waals surface area contributed by atoms with Crippen molar-refractivity contribution in [1.29, 1.82) is 0 Å². The van der Waals surface area contributed by atoms with Crippen LogP contribution in [0.25, 0.3) is 0 Å². The molecule has 20 heavy (non-hydrogen) atoms. The van der Waals surface area contributed by atoms with E-state index in [2.05, 4.69) is 4.72 Å². The van der Waals surface area contributed by atoms with E-state index in [1.54, 1.807) is 18.2 Å². The number of nitrogens with two attached hydrogens (primary N) is 1. The summed E-state index contributed by atoms with van der Waals surface area (Å²) in [6.45, 7) is 5.38. The van der Waals surface area contributed by atoms with Gasteiger partial charge >= 0.3 is 0 Å². The van der Waals surface area contributed by atoms with Crippen LogP contribution in [-0.2, 0) is 21.3 Å². The van der Waals surface area contributed by atoms with Gasteiger partial charge in [-0.3, -0.25) is 0 Å². The zero-order chi connectivity index (χ0) is 14.8. The summed E-state index contributed by atoms with van der Waals surface area (Å²) >= 11 is 0. The second-order valence-corrected chi connectivity index (χ2v) is 7.25. The molecule has 0 spiro atoms. The molecule has 0 aliphatic carbocycles. The highest BCUT2D eigenvalue weighted by Crippen LogP contribution is 2.23. The Kier molecular flexibility index (Phi) is 4.49. The lowest BCUT2D eigenvalue weighted by Gasteiger charge is -2.34. The summed E-state index contributed by atoms with van der Waals surface area (Å²) in [5.41, 5.74) is 7.02. The Balaban J connectivity index is 2.24. The molecule has 1 aliphatic heterocycles. The molecule has 6 heteroatoms. The number of aryl methyl sites for hydroxylation is 1. The molecule has 1 fully saturated rings. The van der Waals surface area contributed by atoms with Gasteiger partial charge in [-0.25, -0.2) is 13.1 Å². The van der Waals surface area contributed by atoms with E-state index < -0.39 is 15.6 Å². The average molecular weight is 298 g/mol. The summed E-state index contributed by atoms with van der Waals surface area (Å²) in [7, 11) is -3.51. The second kappa shape index (κ2) is 5.81. The summed E-state index contributed by atoms with van der Waals surface area (Å²) in [4.78, 5) is 0.292. The molecule has 0 radical (unpaired) electrons. The van der Waals surface area contributed by atoms with Crippen LogP contribution in [0.15, 0.2) is 23.1 Å². The van der Waals surface area contributed by atoms with Crippen LogP contribution < -0.4 is 10.5 Å². The predicted octanol–water partition coefficient (Wildman–Crippen LogP) is 1.30. The Labute approximate surface area is 120 Å². The maximum Gasteiger partial charge on any atom is 0.241 e. The Morgan fingerprint density at radius 2 is 2.00 bits per heavy atom. The summed E-state index contributed by atoms with van der Waals surface area (Å²) in [5.74, 6) is 0. The maximum atomic E-state index is 12.5.